The number of anilines is 2. The molecule has 0 amide bonds. The lowest BCUT2D eigenvalue weighted by Gasteiger charge is -2.18. The van der Waals surface area contributed by atoms with Crippen molar-refractivity contribution in [3.8, 4) is 0 Å². The van der Waals surface area contributed by atoms with Crippen LogP contribution in [0.5, 0.6) is 0 Å². The van der Waals surface area contributed by atoms with Crippen LogP contribution in [0.4, 0.5) is 20.4 Å². The average molecular weight is 245 g/mol. The fourth-order valence-electron chi connectivity index (χ4n) is 1.80. The molecule has 0 radical (unpaired) electrons. The highest BCUT2D eigenvalue weighted by Crippen LogP contribution is 2.25. The summed E-state index contributed by atoms with van der Waals surface area (Å²) in [6.45, 7) is 0.139. The third-order valence-electron chi connectivity index (χ3n) is 2.71. The first-order valence-electron chi connectivity index (χ1n) is 5.17. The summed E-state index contributed by atoms with van der Waals surface area (Å²) < 4.78 is 26.7. The molecule has 1 fully saturated rings. The van der Waals surface area contributed by atoms with Gasteiger partial charge in [-0.25, -0.2) is 13.8 Å². The zero-order valence-corrected chi connectivity index (χ0v) is 9.19. The molecule has 1 saturated heterocycles. The Morgan fingerprint density at radius 1 is 1.29 bits per heavy atom. The molecule has 5 nitrogen and oxygen atoms in total. The van der Waals surface area contributed by atoms with Gasteiger partial charge in [0.2, 0.25) is 0 Å². The SMILES string of the molecule is CNc1nc(N2CC(O)C(O)C2)c(F)cc1F. The van der Waals surface area contributed by atoms with Gasteiger partial charge in [0.05, 0.1) is 12.2 Å². The Kier molecular flexibility index (Phi) is 3.12. The van der Waals surface area contributed by atoms with E-state index >= 15 is 0 Å². The van der Waals surface area contributed by atoms with E-state index < -0.39 is 23.8 Å². The van der Waals surface area contributed by atoms with Crippen molar-refractivity contribution in [2.75, 3.05) is 30.4 Å². The van der Waals surface area contributed by atoms with E-state index in [9.17, 15) is 19.0 Å². The van der Waals surface area contributed by atoms with E-state index in [-0.39, 0.29) is 24.7 Å². The molecular formula is C10H13F2N3O2. The second kappa shape index (κ2) is 4.42. The Morgan fingerprint density at radius 2 is 1.88 bits per heavy atom. The maximum atomic E-state index is 13.5. The molecule has 17 heavy (non-hydrogen) atoms. The van der Waals surface area contributed by atoms with Crippen LogP contribution in [0.15, 0.2) is 6.07 Å². The van der Waals surface area contributed by atoms with E-state index in [2.05, 4.69) is 10.3 Å². The van der Waals surface area contributed by atoms with Gasteiger partial charge in [-0.3, -0.25) is 0 Å². The van der Waals surface area contributed by atoms with E-state index in [4.69, 9.17) is 0 Å². The Labute approximate surface area is 96.7 Å². The molecule has 94 valence electrons. The number of halogens is 2. The Balaban J connectivity index is 2.33. The van der Waals surface area contributed by atoms with Crippen LogP contribution in [0.2, 0.25) is 0 Å². The van der Waals surface area contributed by atoms with Crippen molar-refractivity contribution in [1.29, 1.82) is 0 Å². The molecule has 1 aliphatic rings. The molecule has 2 heterocycles. The van der Waals surface area contributed by atoms with Crippen LogP contribution < -0.4 is 10.2 Å². The summed E-state index contributed by atoms with van der Waals surface area (Å²) in [5.41, 5.74) is 0. The minimum atomic E-state index is -0.945. The Bertz CT molecular complexity index is 420. The highest BCUT2D eigenvalue weighted by Gasteiger charge is 2.32. The topological polar surface area (TPSA) is 68.6 Å². The zero-order chi connectivity index (χ0) is 12.6. The fourth-order valence-corrected chi connectivity index (χ4v) is 1.80. The first-order valence-corrected chi connectivity index (χ1v) is 5.17. The van der Waals surface area contributed by atoms with Crippen molar-refractivity contribution in [3.63, 3.8) is 0 Å². The lowest BCUT2D eigenvalue weighted by molar-refractivity contribution is 0.0572. The number of pyridine rings is 1. The highest BCUT2D eigenvalue weighted by atomic mass is 19.1. The van der Waals surface area contributed by atoms with Gasteiger partial charge in [-0.1, -0.05) is 0 Å². The highest BCUT2D eigenvalue weighted by molar-refractivity contribution is 5.50. The number of aliphatic hydroxyl groups excluding tert-OH is 2. The smallest absolute Gasteiger partial charge is 0.168 e. The molecule has 0 aromatic carbocycles. The fraction of sp³-hybridized carbons (Fsp3) is 0.500. The van der Waals surface area contributed by atoms with Gasteiger partial charge < -0.3 is 20.4 Å². The van der Waals surface area contributed by atoms with Crippen LogP contribution in [-0.2, 0) is 0 Å². The van der Waals surface area contributed by atoms with Crippen molar-refractivity contribution < 1.29 is 19.0 Å². The van der Waals surface area contributed by atoms with Crippen molar-refractivity contribution in [2.24, 2.45) is 0 Å². The van der Waals surface area contributed by atoms with E-state index in [1.807, 2.05) is 0 Å². The molecule has 1 aromatic rings. The lowest BCUT2D eigenvalue weighted by atomic mass is 10.3. The summed E-state index contributed by atoms with van der Waals surface area (Å²) in [5.74, 6) is -1.75. The summed E-state index contributed by atoms with van der Waals surface area (Å²) >= 11 is 0. The average Bonchev–Trinajstić information content (AvgIpc) is 2.59. The molecule has 3 N–H and O–H groups in total. The molecule has 0 bridgehead atoms. The zero-order valence-electron chi connectivity index (χ0n) is 9.19. The lowest BCUT2D eigenvalue weighted by Crippen LogP contribution is -2.24. The number of aliphatic hydroxyl groups is 2. The molecule has 1 aliphatic heterocycles. The maximum Gasteiger partial charge on any atom is 0.168 e. The van der Waals surface area contributed by atoms with Crippen LogP contribution in [0.3, 0.4) is 0 Å². The summed E-state index contributed by atoms with van der Waals surface area (Å²) in [4.78, 5) is 5.16. The number of nitrogens with one attached hydrogen (secondary N) is 1. The van der Waals surface area contributed by atoms with Crippen LogP contribution in [0, 0.1) is 11.6 Å². The molecule has 2 rings (SSSR count). The summed E-state index contributed by atoms with van der Waals surface area (Å²) in [5, 5.41) is 21.2. The van der Waals surface area contributed by atoms with Crippen molar-refractivity contribution in [3.05, 3.63) is 17.7 Å². The van der Waals surface area contributed by atoms with Crippen molar-refractivity contribution in [1.82, 2.24) is 4.98 Å². The number of nitrogens with zero attached hydrogens (tertiary/aromatic N) is 2. The minimum Gasteiger partial charge on any atom is -0.389 e. The Hall–Kier alpha value is -1.47. The van der Waals surface area contributed by atoms with Gasteiger partial charge in [0.1, 0.15) is 0 Å². The second-order valence-electron chi connectivity index (χ2n) is 3.91. The van der Waals surface area contributed by atoms with E-state index in [0.29, 0.717) is 0 Å². The molecule has 1 aromatic heterocycles. The number of β-amino-alcohol motifs (C(OH)–C–C–N with tert-alkyl or cyclic N) is 2. The van der Waals surface area contributed by atoms with E-state index in [0.717, 1.165) is 6.07 Å². The molecule has 2 unspecified atom stereocenters. The predicted molar refractivity (Wildman–Crippen MR) is 57.9 cm³/mol. The van der Waals surface area contributed by atoms with Crippen molar-refractivity contribution in [2.45, 2.75) is 12.2 Å². The van der Waals surface area contributed by atoms with Gasteiger partial charge in [-0.05, 0) is 0 Å². The largest absolute Gasteiger partial charge is 0.389 e. The van der Waals surface area contributed by atoms with Crippen LogP contribution >= 0.6 is 0 Å². The molecule has 0 saturated carbocycles. The van der Waals surface area contributed by atoms with Crippen molar-refractivity contribution >= 4 is 11.6 Å². The number of hydrogen-bond donors (Lipinski definition) is 3. The van der Waals surface area contributed by atoms with Gasteiger partial charge in [-0.2, -0.15) is 0 Å². The molecule has 7 heteroatoms. The van der Waals surface area contributed by atoms with E-state index in [1.165, 1.54) is 11.9 Å². The normalized spacial score (nSPS) is 24.2. The van der Waals surface area contributed by atoms with E-state index in [1.54, 1.807) is 0 Å². The standard InChI is InChI=1S/C10H13F2N3O2/c1-13-9-5(11)2-6(12)10(14-9)15-3-7(16)8(17)4-15/h2,7-8,16-17H,3-4H2,1H3,(H,13,14). The maximum absolute atomic E-state index is 13.5. The van der Waals surface area contributed by atoms with Crippen LogP contribution in [0.25, 0.3) is 0 Å². The van der Waals surface area contributed by atoms with Gasteiger partial charge in [0.15, 0.2) is 23.3 Å². The van der Waals surface area contributed by atoms with Gasteiger partial charge in [-0.15, -0.1) is 0 Å². The van der Waals surface area contributed by atoms with Gasteiger partial charge in [0.25, 0.3) is 0 Å². The van der Waals surface area contributed by atoms with Gasteiger partial charge >= 0.3 is 0 Å². The first-order chi connectivity index (χ1) is 8.02. The molecule has 2 atom stereocenters. The number of hydrogen-bond acceptors (Lipinski definition) is 5. The molecular weight excluding hydrogens is 232 g/mol. The quantitative estimate of drug-likeness (QED) is 0.681. The monoisotopic (exact) mass is 245 g/mol. The molecule has 0 spiro atoms. The Morgan fingerprint density at radius 3 is 2.41 bits per heavy atom. The first kappa shape index (κ1) is 12.0. The van der Waals surface area contributed by atoms with Crippen LogP contribution in [-0.4, -0.2) is 47.5 Å². The van der Waals surface area contributed by atoms with Crippen LogP contribution in [0.1, 0.15) is 0 Å². The molecule has 0 aliphatic carbocycles. The van der Waals surface area contributed by atoms with Gasteiger partial charge in [0, 0.05) is 26.2 Å². The summed E-state index contributed by atoms with van der Waals surface area (Å²) in [7, 11) is 1.47. The number of rotatable bonds is 2. The second-order valence-corrected chi connectivity index (χ2v) is 3.91. The third kappa shape index (κ3) is 2.16. The minimum absolute atomic E-state index is 0.0693. The summed E-state index contributed by atoms with van der Waals surface area (Å²) in [6.07, 6.45) is -1.89. The summed E-state index contributed by atoms with van der Waals surface area (Å²) in [6, 6.07) is 0.727. The predicted octanol–water partition coefficient (Wildman–Crippen LogP) is -0.0567. The number of aromatic nitrogens is 1. The third-order valence-corrected chi connectivity index (χ3v) is 2.71.